The number of nitrogens with one attached hydrogen (secondary N) is 1. The molecule has 0 fully saturated rings. The van der Waals surface area contributed by atoms with E-state index in [1.54, 1.807) is 0 Å². The molecule has 1 heterocycles. The lowest BCUT2D eigenvalue weighted by Crippen LogP contribution is -2.05. The van der Waals surface area contributed by atoms with E-state index in [0.717, 1.165) is 36.7 Å². The summed E-state index contributed by atoms with van der Waals surface area (Å²) in [6.07, 6.45) is 1.86. The highest BCUT2D eigenvalue weighted by Crippen LogP contribution is 2.07. The van der Waals surface area contributed by atoms with Crippen molar-refractivity contribution in [3.63, 3.8) is 0 Å². The highest BCUT2D eigenvalue weighted by atomic mass is 15.0. The molecule has 72 valence electrons. The van der Waals surface area contributed by atoms with Gasteiger partial charge in [-0.15, -0.1) is 0 Å². The third kappa shape index (κ3) is 2.68. The molecule has 1 N–H and O–H groups in total. The molecule has 0 aliphatic heterocycles. The number of hydrogen-bond acceptors (Lipinski definition) is 3. The van der Waals surface area contributed by atoms with Gasteiger partial charge in [0.1, 0.15) is 11.6 Å². The Morgan fingerprint density at radius 1 is 1.15 bits per heavy atom. The van der Waals surface area contributed by atoms with E-state index >= 15 is 0 Å². The fraction of sp³-hybridized carbons (Fsp3) is 0.600. The second kappa shape index (κ2) is 4.80. The third-order valence-electron chi connectivity index (χ3n) is 1.86. The zero-order valence-electron chi connectivity index (χ0n) is 8.59. The van der Waals surface area contributed by atoms with Gasteiger partial charge in [0.25, 0.3) is 0 Å². The molecule has 0 bridgehead atoms. The molecule has 0 aliphatic rings. The van der Waals surface area contributed by atoms with Gasteiger partial charge in [0, 0.05) is 24.7 Å². The molecule has 0 saturated heterocycles. The summed E-state index contributed by atoms with van der Waals surface area (Å²) >= 11 is 0. The van der Waals surface area contributed by atoms with Crippen molar-refractivity contribution in [1.82, 2.24) is 9.97 Å². The standard InChI is InChI=1S/C10H17N3/c1-4-8-7-10(11-6-3)13-9(5-2)12-8/h7H,4-6H2,1-3H3,(H,11,12,13). The normalized spacial score (nSPS) is 10.1. The highest BCUT2D eigenvalue weighted by molar-refractivity contribution is 5.35. The summed E-state index contributed by atoms with van der Waals surface area (Å²) < 4.78 is 0. The maximum Gasteiger partial charge on any atom is 0.130 e. The van der Waals surface area contributed by atoms with Gasteiger partial charge in [0.15, 0.2) is 0 Å². The Bertz CT molecular complexity index is 249. The Hall–Kier alpha value is -1.12. The lowest BCUT2D eigenvalue weighted by atomic mass is 10.3. The van der Waals surface area contributed by atoms with Gasteiger partial charge < -0.3 is 5.32 Å². The van der Waals surface area contributed by atoms with Crippen LogP contribution in [-0.2, 0) is 12.8 Å². The van der Waals surface area contributed by atoms with Crippen LogP contribution in [0.1, 0.15) is 32.3 Å². The van der Waals surface area contributed by atoms with Crippen LogP contribution in [0.25, 0.3) is 0 Å². The Morgan fingerprint density at radius 3 is 2.46 bits per heavy atom. The smallest absolute Gasteiger partial charge is 0.130 e. The van der Waals surface area contributed by atoms with Gasteiger partial charge in [-0.25, -0.2) is 9.97 Å². The molecule has 0 saturated carbocycles. The molecule has 1 aromatic rings. The van der Waals surface area contributed by atoms with E-state index < -0.39 is 0 Å². The molecule has 0 spiro atoms. The highest BCUT2D eigenvalue weighted by Gasteiger charge is 2.00. The van der Waals surface area contributed by atoms with E-state index in [4.69, 9.17) is 0 Å². The Balaban J connectivity index is 2.93. The van der Waals surface area contributed by atoms with E-state index in [2.05, 4.69) is 36.1 Å². The number of hydrogen-bond donors (Lipinski definition) is 1. The third-order valence-corrected chi connectivity index (χ3v) is 1.86. The molecule has 13 heavy (non-hydrogen) atoms. The Morgan fingerprint density at radius 2 is 1.92 bits per heavy atom. The van der Waals surface area contributed by atoms with Crippen molar-refractivity contribution >= 4 is 5.82 Å². The average Bonchev–Trinajstić information content (AvgIpc) is 2.17. The molecule has 0 amide bonds. The van der Waals surface area contributed by atoms with Crippen molar-refractivity contribution in [2.45, 2.75) is 33.6 Å². The summed E-state index contributed by atoms with van der Waals surface area (Å²) in [6.45, 7) is 7.16. The average molecular weight is 179 g/mol. The first kappa shape index (κ1) is 9.96. The minimum atomic E-state index is 0.895. The van der Waals surface area contributed by atoms with Crippen LogP contribution < -0.4 is 5.32 Å². The minimum Gasteiger partial charge on any atom is -0.370 e. The van der Waals surface area contributed by atoms with Gasteiger partial charge in [-0.3, -0.25) is 0 Å². The van der Waals surface area contributed by atoms with Crippen LogP contribution in [0.2, 0.25) is 0 Å². The van der Waals surface area contributed by atoms with Crippen LogP contribution in [0, 0.1) is 0 Å². The maximum atomic E-state index is 4.40. The first-order valence-corrected chi connectivity index (χ1v) is 4.90. The van der Waals surface area contributed by atoms with Crippen molar-refractivity contribution in [3.8, 4) is 0 Å². The SMILES string of the molecule is CCNc1cc(CC)nc(CC)n1. The number of rotatable bonds is 4. The summed E-state index contributed by atoms with van der Waals surface area (Å²) in [4.78, 5) is 8.77. The van der Waals surface area contributed by atoms with Gasteiger partial charge >= 0.3 is 0 Å². The fourth-order valence-electron chi connectivity index (χ4n) is 1.16. The lowest BCUT2D eigenvalue weighted by molar-refractivity contribution is 0.886. The first-order valence-electron chi connectivity index (χ1n) is 4.90. The number of nitrogens with zero attached hydrogens (tertiary/aromatic N) is 2. The van der Waals surface area contributed by atoms with Gasteiger partial charge in [0.2, 0.25) is 0 Å². The summed E-state index contributed by atoms with van der Waals surface area (Å²) in [7, 11) is 0. The van der Waals surface area contributed by atoms with E-state index in [1.807, 2.05) is 6.07 Å². The van der Waals surface area contributed by atoms with Crippen LogP contribution in [0.15, 0.2) is 6.07 Å². The summed E-state index contributed by atoms with van der Waals surface area (Å²) in [6, 6.07) is 2.02. The molecule has 3 nitrogen and oxygen atoms in total. The van der Waals surface area contributed by atoms with E-state index in [0.29, 0.717) is 0 Å². The topological polar surface area (TPSA) is 37.8 Å². The first-order chi connectivity index (χ1) is 6.30. The zero-order chi connectivity index (χ0) is 9.68. The predicted molar refractivity (Wildman–Crippen MR) is 55.0 cm³/mol. The summed E-state index contributed by atoms with van der Waals surface area (Å²) in [5.74, 6) is 1.88. The van der Waals surface area contributed by atoms with E-state index in [9.17, 15) is 0 Å². The number of aryl methyl sites for hydroxylation is 2. The molecule has 0 aliphatic carbocycles. The van der Waals surface area contributed by atoms with Gasteiger partial charge in [0.05, 0.1) is 0 Å². The molecular weight excluding hydrogens is 162 g/mol. The quantitative estimate of drug-likeness (QED) is 0.768. The molecule has 0 unspecified atom stereocenters. The molecule has 1 rings (SSSR count). The second-order valence-corrected chi connectivity index (χ2v) is 2.90. The van der Waals surface area contributed by atoms with Gasteiger partial charge in [-0.2, -0.15) is 0 Å². The molecule has 0 radical (unpaired) electrons. The van der Waals surface area contributed by atoms with Crippen molar-refractivity contribution in [3.05, 3.63) is 17.6 Å². The molecule has 0 aromatic carbocycles. The Kier molecular flexibility index (Phi) is 3.68. The fourth-order valence-corrected chi connectivity index (χ4v) is 1.16. The van der Waals surface area contributed by atoms with Crippen LogP contribution in [0.5, 0.6) is 0 Å². The van der Waals surface area contributed by atoms with Gasteiger partial charge in [-0.05, 0) is 13.3 Å². The van der Waals surface area contributed by atoms with Crippen LogP contribution >= 0.6 is 0 Å². The monoisotopic (exact) mass is 179 g/mol. The molecular formula is C10H17N3. The van der Waals surface area contributed by atoms with Crippen LogP contribution in [-0.4, -0.2) is 16.5 Å². The second-order valence-electron chi connectivity index (χ2n) is 2.90. The predicted octanol–water partition coefficient (Wildman–Crippen LogP) is 2.03. The van der Waals surface area contributed by atoms with E-state index in [1.165, 1.54) is 0 Å². The summed E-state index contributed by atoms with van der Waals surface area (Å²) in [5, 5.41) is 3.21. The number of aromatic nitrogens is 2. The van der Waals surface area contributed by atoms with Crippen LogP contribution in [0.3, 0.4) is 0 Å². The maximum absolute atomic E-state index is 4.40. The van der Waals surface area contributed by atoms with Crippen molar-refractivity contribution < 1.29 is 0 Å². The molecule has 0 atom stereocenters. The number of anilines is 1. The van der Waals surface area contributed by atoms with Crippen molar-refractivity contribution in [1.29, 1.82) is 0 Å². The summed E-state index contributed by atoms with van der Waals surface area (Å²) in [5.41, 5.74) is 1.11. The largest absolute Gasteiger partial charge is 0.370 e. The zero-order valence-corrected chi connectivity index (χ0v) is 8.59. The van der Waals surface area contributed by atoms with Crippen LogP contribution in [0.4, 0.5) is 5.82 Å². The van der Waals surface area contributed by atoms with E-state index in [-0.39, 0.29) is 0 Å². The molecule has 1 aromatic heterocycles. The van der Waals surface area contributed by atoms with Crippen molar-refractivity contribution in [2.75, 3.05) is 11.9 Å². The lowest BCUT2D eigenvalue weighted by Gasteiger charge is -2.06. The Labute approximate surface area is 79.6 Å². The van der Waals surface area contributed by atoms with Gasteiger partial charge in [-0.1, -0.05) is 13.8 Å². The minimum absolute atomic E-state index is 0.895. The molecule has 3 heteroatoms. The van der Waals surface area contributed by atoms with Crippen molar-refractivity contribution in [2.24, 2.45) is 0 Å².